The van der Waals surface area contributed by atoms with Gasteiger partial charge in [-0.2, -0.15) is 0 Å². The molecule has 0 bridgehead atoms. The Morgan fingerprint density at radius 1 is 1.00 bits per heavy atom. The van der Waals surface area contributed by atoms with Gasteiger partial charge in [0.15, 0.2) is 0 Å². The zero-order chi connectivity index (χ0) is 20.3. The molecule has 5 nitrogen and oxygen atoms in total. The van der Waals surface area contributed by atoms with Crippen molar-refractivity contribution in [3.63, 3.8) is 0 Å². The van der Waals surface area contributed by atoms with E-state index in [9.17, 15) is 9.59 Å². The molecule has 1 aromatic heterocycles. The normalized spacial score (nSPS) is 10.9. The minimum absolute atomic E-state index is 0.0180. The number of nitrogens with zero attached hydrogens (tertiary/aromatic N) is 1. The summed E-state index contributed by atoms with van der Waals surface area (Å²) in [6.45, 7) is 7.98. The van der Waals surface area contributed by atoms with Crippen molar-refractivity contribution in [2.24, 2.45) is 5.92 Å². The molecule has 0 saturated carbocycles. The van der Waals surface area contributed by atoms with E-state index in [1.807, 2.05) is 76.2 Å². The third-order valence-electron chi connectivity index (χ3n) is 4.61. The summed E-state index contributed by atoms with van der Waals surface area (Å²) in [5.41, 5.74) is 5.04. The van der Waals surface area contributed by atoms with Gasteiger partial charge in [0.1, 0.15) is 0 Å². The largest absolute Gasteiger partial charge is 0.348 e. The lowest BCUT2D eigenvalue weighted by Gasteiger charge is -2.11. The van der Waals surface area contributed by atoms with Crippen LogP contribution in [-0.2, 0) is 11.3 Å². The predicted molar refractivity (Wildman–Crippen MR) is 112 cm³/mol. The fourth-order valence-corrected chi connectivity index (χ4v) is 2.87. The highest BCUT2D eigenvalue weighted by Gasteiger charge is 2.12. The van der Waals surface area contributed by atoms with E-state index in [-0.39, 0.29) is 17.7 Å². The van der Waals surface area contributed by atoms with Gasteiger partial charge in [0.2, 0.25) is 5.91 Å². The summed E-state index contributed by atoms with van der Waals surface area (Å²) >= 11 is 0. The molecule has 0 aliphatic heterocycles. The number of aryl methyl sites for hydroxylation is 2. The van der Waals surface area contributed by atoms with Crippen LogP contribution in [-0.4, -0.2) is 16.8 Å². The van der Waals surface area contributed by atoms with Crippen LogP contribution in [0.3, 0.4) is 0 Å². The summed E-state index contributed by atoms with van der Waals surface area (Å²) in [4.78, 5) is 28.9. The summed E-state index contributed by atoms with van der Waals surface area (Å²) in [5, 5.41) is 6.75. The summed E-state index contributed by atoms with van der Waals surface area (Å²) in [6.07, 6.45) is 0. The zero-order valence-electron chi connectivity index (χ0n) is 16.7. The molecule has 3 rings (SSSR count). The van der Waals surface area contributed by atoms with Gasteiger partial charge in [0, 0.05) is 23.5 Å². The van der Waals surface area contributed by atoms with Crippen LogP contribution in [0.15, 0.2) is 48.5 Å². The molecule has 2 amide bonds. The number of hydrogen-bond donors (Lipinski definition) is 2. The van der Waals surface area contributed by atoms with Gasteiger partial charge in [-0.05, 0) is 49.2 Å². The van der Waals surface area contributed by atoms with Gasteiger partial charge in [0.05, 0.1) is 16.8 Å². The summed E-state index contributed by atoms with van der Waals surface area (Å²) in [5.74, 6) is -0.234. The Hall–Kier alpha value is -3.21. The Bertz CT molecular complexity index is 1020. The molecule has 0 aliphatic rings. The number of anilines is 1. The average Bonchev–Trinajstić information content (AvgIpc) is 2.66. The molecule has 0 spiro atoms. The van der Waals surface area contributed by atoms with Crippen molar-refractivity contribution in [1.82, 2.24) is 10.3 Å². The molecule has 28 heavy (non-hydrogen) atoms. The Balaban J connectivity index is 1.67. The molecule has 0 fully saturated rings. The standard InChI is InChI=1S/C23H25N3O2/c1-14(2)22(27)26-19-9-6-17(7-10-19)13-24-23(28)20-12-18-8-5-15(3)11-21(18)25-16(20)4/h5-12,14H,13H2,1-4H3,(H,24,28)(H,26,27). The minimum Gasteiger partial charge on any atom is -0.348 e. The van der Waals surface area contributed by atoms with Crippen molar-refractivity contribution in [1.29, 1.82) is 0 Å². The molecule has 1 heterocycles. The zero-order valence-corrected chi connectivity index (χ0v) is 16.7. The van der Waals surface area contributed by atoms with Crippen LogP contribution in [0.2, 0.25) is 0 Å². The van der Waals surface area contributed by atoms with Crippen LogP contribution in [0.25, 0.3) is 10.9 Å². The van der Waals surface area contributed by atoms with Crippen molar-refractivity contribution in [2.45, 2.75) is 34.2 Å². The first-order chi connectivity index (χ1) is 13.3. The van der Waals surface area contributed by atoms with Crippen LogP contribution in [0, 0.1) is 19.8 Å². The lowest BCUT2D eigenvalue weighted by Crippen LogP contribution is -2.24. The maximum absolute atomic E-state index is 12.6. The molecule has 0 saturated heterocycles. The Morgan fingerprint density at radius 2 is 1.71 bits per heavy atom. The fourth-order valence-electron chi connectivity index (χ4n) is 2.87. The smallest absolute Gasteiger partial charge is 0.253 e. The number of carbonyl (C=O) groups excluding carboxylic acids is 2. The van der Waals surface area contributed by atoms with Gasteiger partial charge in [-0.25, -0.2) is 0 Å². The molecule has 2 aromatic carbocycles. The van der Waals surface area contributed by atoms with Gasteiger partial charge in [-0.3, -0.25) is 14.6 Å². The van der Waals surface area contributed by atoms with Crippen molar-refractivity contribution in [3.05, 3.63) is 70.9 Å². The summed E-state index contributed by atoms with van der Waals surface area (Å²) in [7, 11) is 0. The van der Waals surface area contributed by atoms with Gasteiger partial charge >= 0.3 is 0 Å². The number of rotatable bonds is 5. The number of nitrogens with one attached hydrogen (secondary N) is 2. The number of pyridine rings is 1. The maximum atomic E-state index is 12.6. The van der Waals surface area contributed by atoms with Crippen molar-refractivity contribution < 1.29 is 9.59 Å². The summed E-state index contributed by atoms with van der Waals surface area (Å²) in [6, 6.07) is 15.4. The molecule has 2 N–H and O–H groups in total. The summed E-state index contributed by atoms with van der Waals surface area (Å²) < 4.78 is 0. The maximum Gasteiger partial charge on any atom is 0.253 e. The van der Waals surface area contributed by atoms with Crippen molar-refractivity contribution in [2.75, 3.05) is 5.32 Å². The van der Waals surface area contributed by atoms with Crippen molar-refractivity contribution in [3.8, 4) is 0 Å². The molecule has 0 aliphatic carbocycles. The minimum atomic E-state index is -0.148. The fraction of sp³-hybridized carbons (Fsp3) is 0.261. The molecule has 0 atom stereocenters. The highest BCUT2D eigenvalue weighted by Crippen LogP contribution is 2.18. The predicted octanol–water partition coefficient (Wildman–Crippen LogP) is 4.38. The third-order valence-corrected chi connectivity index (χ3v) is 4.61. The number of hydrogen-bond acceptors (Lipinski definition) is 3. The molecule has 144 valence electrons. The van der Waals surface area contributed by atoms with E-state index in [4.69, 9.17) is 0 Å². The van der Waals surface area contributed by atoms with E-state index < -0.39 is 0 Å². The third kappa shape index (κ3) is 4.55. The molecular weight excluding hydrogens is 350 g/mol. The number of benzene rings is 2. The molecule has 0 radical (unpaired) electrons. The Morgan fingerprint density at radius 3 is 2.39 bits per heavy atom. The van der Waals surface area contributed by atoms with Crippen LogP contribution in [0.5, 0.6) is 0 Å². The number of amides is 2. The SMILES string of the molecule is Cc1ccc2cc(C(=O)NCc3ccc(NC(=O)C(C)C)cc3)c(C)nc2c1. The van der Waals surface area contributed by atoms with Crippen LogP contribution >= 0.6 is 0 Å². The highest BCUT2D eigenvalue weighted by molar-refractivity contribution is 5.98. The average molecular weight is 375 g/mol. The molecular formula is C23H25N3O2. The Labute approximate surface area is 165 Å². The van der Waals surface area contributed by atoms with Crippen molar-refractivity contribution >= 4 is 28.4 Å². The highest BCUT2D eigenvalue weighted by atomic mass is 16.2. The molecule has 3 aromatic rings. The van der Waals surface area contributed by atoms with E-state index in [2.05, 4.69) is 15.6 Å². The van der Waals surface area contributed by atoms with E-state index in [1.54, 1.807) is 0 Å². The van der Waals surface area contributed by atoms with Crippen LogP contribution in [0.1, 0.15) is 41.0 Å². The van der Waals surface area contributed by atoms with Crippen LogP contribution in [0.4, 0.5) is 5.69 Å². The molecule has 0 unspecified atom stereocenters. The topological polar surface area (TPSA) is 71.1 Å². The van der Waals surface area contributed by atoms with Gasteiger partial charge in [0.25, 0.3) is 5.91 Å². The lowest BCUT2D eigenvalue weighted by atomic mass is 10.1. The van der Waals surface area contributed by atoms with Gasteiger partial charge in [-0.15, -0.1) is 0 Å². The van der Waals surface area contributed by atoms with E-state index >= 15 is 0 Å². The second-order valence-electron chi connectivity index (χ2n) is 7.34. The number of fused-ring (bicyclic) bond motifs is 1. The van der Waals surface area contributed by atoms with Gasteiger partial charge < -0.3 is 10.6 Å². The second kappa shape index (κ2) is 8.21. The van der Waals surface area contributed by atoms with Gasteiger partial charge in [-0.1, -0.05) is 38.1 Å². The van der Waals surface area contributed by atoms with E-state index in [1.165, 1.54) is 0 Å². The van der Waals surface area contributed by atoms with E-state index in [0.717, 1.165) is 27.7 Å². The second-order valence-corrected chi connectivity index (χ2v) is 7.34. The quantitative estimate of drug-likeness (QED) is 0.695. The number of aromatic nitrogens is 1. The monoisotopic (exact) mass is 375 g/mol. The van der Waals surface area contributed by atoms with E-state index in [0.29, 0.717) is 17.8 Å². The Kier molecular flexibility index (Phi) is 5.73. The first kappa shape index (κ1) is 19.5. The number of carbonyl (C=O) groups is 2. The van der Waals surface area contributed by atoms with Crippen LogP contribution < -0.4 is 10.6 Å². The lowest BCUT2D eigenvalue weighted by molar-refractivity contribution is -0.118. The molecule has 5 heteroatoms. The first-order valence-corrected chi connectivity index (χ1v) is 9.39. The first-order valence-electron chi connectivity index (χ1n) is 9.39.